The molecule has 1 N–H and O–H groups in total. The van der Waals surface area contributed by atoms with Gasteiger partial charge in [0.1, 0.15) is 0 Å². The van der Waals surface area contributed by atoms with Crippen molar-refractivity contribution in [3.05, 3.63) is 34.3 Å². The van der Waals surface area contributed by atoms with Gasteiger partial charge in [0.15, 0.2) is 0 Å². The second kappa shape index (κ2) is 7.25. The fourth-order valence-corrected chi connectivity index (χ4v) is 5.80. The highest BCUT2D eigenvalue weighted by molar-refractivity contribution is 7.88. The van der Waals surface area contributed by atoms with Gasteiger partial charge in [0.05, 0.1) is 6.26 Å². The molecule has 0 spiro atoms. The SMILES string of the molecule is Cc1cc(CCC(=O)NC2CC3CCC(C2)N3S(C)(=O)=O)ccc1Cl. The molecule has 2 aliphatic heterocycles. The van der Waals surface area contributed by atoms with Gasteiger partial charge in [-0.05, 0) is 56.2 Å². The monoisotopic (exact) mass is 384 g/mol. The normalized spacial score (nSPS) is 26.6. The summed E-state index contributed by atoms with van der Waals surface area (Å²) >= 11 is 6.02. The van der Waals surface area contributed by atoms with Crippen molar-refractivity contribution in [3.8, 4) is 0 Å². The summed E-state index contributed by atoms with van der Waals surface area (Å²) in [6.07, 6.45) is 5.62. The summed E-state index contributed by atoms with van der Waals surface area (Å²) in [6.45, 7) is 1.96. The smallest absolute Gasteiger partial charge is 0.220 e. The van der Waals surface area contributed by atoms with E-state index in [0.717, 1.165) is 41.8 Å². The van der Waals surface area contributed by atoms with Crippen molar-refractivity contribution >= 4 is 27.5 Å². The van der Waals surface area contributed by atoms with Crippen molar-refractivity contribution in [2.75, 3.05) is 6.26 Å². The minimum Gasteiger partial charge on any atom is -0.353 e. The molecule has 0 aromatic heterocycles. The predicted molar refractivity (Wildman–Crippen MR) is 99.2 cm³/mol. The number of carbonyl (C=O) groups is 1. The van der Waals surface area contributed by atoms with E-state index in [4.69, 9.17) is 11.6 Å². The molecule has 3 rings (SSSR count). The molecule has 2 atom stereocenters. The van der Waals surface area contributed by atoms with E-state index in [1.807, 2.05) is 25.1 Å². The number of amides is 1. The van der Waals surface area contributed by atoms with Gasteiger partial charge in [0, 0.05) is 29.6 Å². The minimum absolute atomic E-state index is 0.0322. The maximum atomic E-state index is 12.3. The topological polar surface area (TPSA) is 66.5 Å². The second-order valence-electron chi connectivity index (χ2n) is 7.30. The van der Waals surface area contributed by atoms with E-state index < -0.39 is 10.0 Å². The van der Waals surface area contributed by atoms with Crippen LogP contribution in [0.2, 0.25) is 5.02 Å². The Morgan fingerprint density at radius 1 is 1.28 bits per heavy atom. The van der Waals surface area contributed by atoms with Crippen LogP contribution in [0.15, 0.2) is 18.2 Å². The molecule has 2 bridgehead atoms. The van der Waals surface area contributed by atoms with Gasteiger partial charge in [-0.25, -0.2) is 8.42 Å². The summed E-state index contributed by atoms with van der Waals surface area (Å²) in [6, 6.07) is 5.99. The van der Waals surface area contributed by atoms with Crippen LogP contribution in [0, 0.1) is 6.92 Å². The van der Waals surface area contributed by atoms with E-state index in [2.05, 4.69) is 5.32 Å². The molecule has 2 saturated heterocycles. The number of halogens is 1. The first-order valence-corrected chi connectivity index (χ1v) is 11.0. The summed E-state index contributed by atoms with van der Waals surface area (Å²) in [5.41, 5.74) is 2.12. The Morgan fingerprint density at radius 2 is 1.92 bits per heavy atom. The van der Waals surface area contributed by atoms with Crippen LogP contribution in [-0.2, 0) is 21.2 Å². The average molecular weight is 385 g/mol. The lowest BCUT2D eigenvalue weighted by Gasteiger charge is -2.37. The number of rotatable bonds is 5. The summed E-state index contributed by atoms with van der Waals surface area (Å²) < 4.78 is 25.5. The number of aryl methyl sites for hydroxylation is 2. The number of piperidine rings is 1. The number of hydrogen-bond donors (Lipinski definition) is 1. The highest BCUT2D eigenvalue weighted by atomic mass is 35.5. The van der Waals surface area contributed by atoms with Crippen molar-refractivity contribution < 1.29 is 13.2 Å². The third-order valence-corrected chi connectivity index (χ3v) is 7.06. The fourth-order valence-electron chi connectivity index (χ4n) is 4.21. The van der Waals surface area contributed by atoms with Crippen LogP contribution in [0.1, 0.15) is 43.2 Å². The number of hydrogen-bond acceptors (Lipinski definition) is 3. The van der Waals surface area contributed by atoms with Crippen LogP contribution < -0.4 is 5.32 Å². The van der Waals surface area contributed by atoms with E-state index in [0.29, 0.717) is 12.8 Å². The first-order valence-electron chi connectivity index (χ1n) is 8.77. The molecule has 0 radical (unpaired) electrons. The molecule has 1 aromatic rings. The Bertz CT molecular complexity index is 752. The Hall–Kier alpha value is -1.11. The second-order valence-corrected chi connectivity index (χ2v) is 9.59. The number of fused-ring (bicyclic) bond motifs is 2. The van der Waals surface area contributed by atoms with Crippen LogP contribution in [-0.4, -0.2) is 43.0 Å². The Kier molecular flexibility index (Phi) is 5.42. The summed E-state index contributed by atoms with van der Waals surface area (Å²) in [4.78, 5) is 12.3. The molecule has 1 amide bonds. The number of sulfonamides is 1. The van der Waals surface area contributed by atoms with Gasteiger partial charge < -0.3 is 5.32 Å². The highest BCUT2D eigenvalue weighted by Gasteiger charge is 2.45. The van der Waals surface area contributed by atoms with Crippen LogP contribution in [0.25, 0.3) is 0 Å². The molecule has 1 aromatic carbocycles. The van der Waals surface area contributed by atoms with Crippen LogP contribution >= 0.6 is 11.6 Å². The molecule has 5 nitrogen and oxygen atoms in total. The molecule has 138 valence electrons. The van der Waals surface area contributed by atoms with Crippen molar-refractivity contribution in [2.45, 2.75) is 63.6 Å². The summed E-state index contributed by atoms with van der Waals surface area (Å²) in [5, 5.41) is 3.84. The Morgan fingerprint density at radius 3 is 2.48 bits per heavy atom. The van der Waals surface area contributed by atoms with Crippen molar-refractivity contribution in [1.29, 1.82) is 0 Å². The lowest BCUT2D eigenvalue weighted by molar-refractivity contribution is -0.122. The standard InChI is InChI=1S/C18H25ClN2O3S/c1-12-9-13(3-7-17(12)19)4-8-18(22)20-14-10-15-5-6-16(11-14)21(15)25(2,23)24/h3,7,9,14-16H,4-6,8,10-11H2,1-2H3,(H,20,22). The maximum Gasteiger partial charge on any atom is 0.220 e. The zero-order valence-electron chi connectivity index (χ0n) is 14.7. The van der Waals surface area contributed by atoms with Crippen molar-refractivity contribution in [2.24, 2.45) is 0 Å². The first kappa shape index (κ1) is 18.7. The van der Waals surface area contributed by atoms with E-state index in [1.165, 1.54) is 6.26 Å². The Labute approximate surface area is 154 Å². The van der Waals surface area contributed by atoms with Gasteiger partial charge in [-0.15, -0.1) is 0 Å². The molecular formula is C18H25ClN2O3S. The third-order valence-electron chi connectivity index (χ3n) is 5.28. The fraction of sp³-hybridized carbons (Fsp3) is 0.611. The number of nitrogens with zero attached hydrogens (tertiary/aromatic N) is 1. The lowest BCUT2D eigenvalue weighted by Crippen LogP contribution is -2.52. The predicted octanol–water partition coefficient (Wildman–Crippen LogP) is 2.65. The largest absolute Gasteiger partial charge is 0.353 e. The summed E-state index contributed by atoms with van der Waals surface area (Å²) in [5.74, 6) is 0.0322. The molecule has 0 aliphatic carbocycles. The molecule has 2 unspecified atom stereocenters. The molecule has 2 heterocycles. The van der Waals surface area contributed by atoms with E-state index >= 15 is 0 Å². The third kappa shape index (κ3) is 4.36. The summed E-state index contributed by atoms with van der Waals surface area (Å²) in [7, 11) is -3.16. The lowest BCUT2D eigenvalue weighted by atomic mass is 9.99. The van der Waals surface area contributed by atoms with Gasteiger partial charge in [-0.2, -0.15) is 4.31 Å². The molecule has 25 heavy (non-hydrogen) atoms. The van der Waals surface area contributed by atoms with Gasteiger partial charge in [0.25, 0.3) is 0 Å². The number of benzene rings is 1. The maximum absolute atomic E-state index is 12.3. The molecule has 0 saturated carbocycles. The van der Waals surface area contributed by atoms with Gasteiger partial charge >= 0.3 is 0 Å². The van der Waals surface area contributed by atoms with Crippen molar-refractivity contribution in [1.82, 2.24) is 9.62 Å². The van der Waals surface area contributed by atoms with Crippen LogP contribution in [0.3, 0.4) is 0 Å². The highest BCUT2D eigenvalue weighted by Crippen LogP contribution is 2.37. The minimum atomic E-state index is -3.16. The molecule has 2 fully saturated rings. The van der Waals surface area contributed by atoms with Crippen LogP contribution in [0.5, 0.6) is 0 Å². The first-order chi connectivity index (χ1) is 11.7. The Balaban J connectivity index is 1.52. The molecular weight excluding hydrogens is 360 g/mol. The molecule has 2 aliphatic rings. The van der Waals surface area contributed by atoms with Gasteiger partial charge in [0.2, 0.25) is 15.9 Å². The quantitative estimate of drug-likeness (QED) is 0.848. The average Bonchev–Trinajstić information content (AvgIpc) is 2.81. The zero-order chi connectivity index (χ0) is 18.2. The van der Waals surface area contributed by atoms with E-state index in [9.17, 15) is 13.2 Å². The number of nitrogens with one attached hydrogen (secondary N) is 1. The van der Waals surface area contributed by atoms with Crippen molar-refractivity contribution in [3.63, 3.8) is 0 Å². The number of carbonyl (C=O) groups excluding carboxylic acids is 1. The van der Waals surface area contributed by atoms with Crippen LogP contribution in [0.4, 0.5) is 0 Å². The van der Waals surface area contributed by atoms with E-state index in [1.54, 1.807) is 4.31 Å². The van der Waals surface area contributed by atoms with Gasteiger partial charge in [-0.1, -0.05) is 23.7 Å². The van der Waals surface area contributed by atoms with Gasteiger partial charge in [-0.3, -0.25) is 4.79 Å². The molecule has 7 heteroatoms. The van der Waals surface area contributed by atoms with E-state index in [-0.39, 0.29) is 24.0 Å². The zero-order valence-corrected chi connectivity index (χ0v) is 16.2.